The summed E-state index contributed by atoms with van der Waals surface area (Å²) >= 11 is 0. The van der Waals surface area contributed by atoms with E-state index in [0.717, 1.165) is 12.8 Å². The molecule has 1 rings (SSSR count). The zero-order valence-electron chi connectivity index (χ0n) is 12.2. The Bertz CT molecular complexity index is 479. The minimum atomic E-state index is -3.42. The lowest BCUT2D eigenvalue weighted by atomic mass is 9.92. The average Bonchev–Trinajstić information content (AvgIpc) is 2.38. The van der Waals surface area contributed by atoms with Gasteiger partial charge in [0.15, 0.2) is 15.4 Å². The number of piperidine rings is 1. The lowest BCUT2D eigenvalue weighted by Gasteiger charge is -2.35. The standard InChI is InChI=1S/C13H23NO6S/c1-2-3-4-9-21(19,20)10-11(15)14-7-5-13(18,6-8-14)12(16)17/h18H,2-10H2,1H3,(H,16,17). The minimum absolute atomic E-state index is 0.000512. The number of sulfone groups is 1. The van der Waals surface area contributed by atoms with Crippen molar-refractivity contribution in [1.82, 2.24) is 4.90 Å². The highest BCUT2D eigenvalue weighted by Crippen LogP contribution is 2.22. The summed E-state index contributed by atoms with van der Waals surface area (Å²) in [6.07, 6.45) is 2.10. The van der Waals surface area contributed by atoms with Crippen LogP contribution in [0, 0.1) is 0 Å². The number of rotatable bonds is 7. The third kappa shape index (κ3) is 5.28. The van der Waals surface area contributed by atoms with Gasteiger partial charge in [-0.2, -0.15) is 0 Å². The largest absolute Gasteiger partial charge is 0.479 e. The zero-order chi connectivity index (χ0) is 16.1. The molecule has 2 N–H and O–H groups in total. The highest BCUT2D eigenvalue weighted by atomic mass is 32.2. The van der Waals surface area contributed by atoms with Gasteiger partial charge >= 0.3 is 5.97 Å². The van der Waals surface area contributed by atoms with Gasteiger partial charge in [0, 0.05) is 25.9 Å². The predicted molar refractivity (Wildman–Crippen MR) is 76.6 cm³/mol. The highest BCUT2D eigenvalue weighted by molar-refractivity contribution is 7.92. The molecule has 1 fully saturated rings. The van der Waals surface area contributed by atoms with Crippen LogP contribution in [0.1, 0.15) is 39.0 Å². The molecule has 0 atom stereocenters. The summed E-state index contributed by atoms with van der Waals surface area (Å²) < 4.78 is 23.6. The molecule has 0 radical (unpaired) electrons. The van der Waals surface area contributed by atoms with Crippen molar-refractivity contribution in [3.05, 3.63) is 0 Å². The van der Waals surface area contributed by atoms with Crippen LogP contribution in [0.2, 0.25) is 0 Å². The maximum atomic E-state index is 11.9. The third-order valence-corrected chi connectivity index (χ3v) is 5.34. The van der Waals surface area contributed by atoms with Gasteiger partial charge in [0.2, 0.25) is 5.91 Å². The number of carboxylic acids is 1. The SMILES string of the molecule is CCCCCS(=O)(=O)CC(=O)N1CCC(O)(C(=O)O)CC1. The summed E-state index contributed by atoms with van der Waals surface area (Å²) in [7, 11) is -3.42. The zero-order valence-corrected chi connectivity index (χ0v) is 13.1. The van der Waals surface area contributed by atoms with Crippen molar-refractivity contribution in [2.45, 2.75) is 44.6 Å². The quantitative estimate of drug-likeness (QED) is 0.640. The third-order valence-electron chi connectivity index (χ3n) is 3.74. The van der Waals surface area contributed by atoms with E-state index in [-0.39, 0.29) is 31.7 Å². The van der Waals surface area contributed by atoms with Crippen LogP contribution in [-0.2, 0) is 19.4 Å². The molecule has 0 unspecified atom stereocenters. The smallest absolute Gasteiger partial charge is 0.335 e. The number of carbonyl (C=O) groups excluding carboxylic acids is 1. The number of unbranched alkanes of at least 4 members (excludes halogenated alkanes) is 2. The van der Waals surface area contributed by atoms with Crippen molar-refractivity contribution in [3.63, 3.8) is 0 Å². The van der Waals surface area contributed by atoms with Gasteiger partial charge in [-0.3, -0.25) is 4.79 Å². The van der Waals surface area contributed by atoms with Gasteiger partial charge in [0.1, 0.15) is 5.75 Å². The summed E-state index contributed by atoms with van der Waals surface area (Å²) in [5.41, 5.74) is -1.81. The summed E-state index contributed by atoms with van der Waals surface area (Å²) in [5.74, 6) is -2.36. The first-order valence-electron chi connectivity index (χ1n) is 7.14. The lowest BCUT2D eigenvalue weighted by Crippen LogP contribution is -2.51. The molecule has 8 heteroatoms. The molecule has 1 saturated heterocycles. The molecule has 1 amide bonds. The molecule has 0 aromatic carbocycles. The van der Waals surface area contributed by atoms with Crippen LogP contribution >= 0.6 is 0 Å². The van der Waals surface area contributed by atoms with Gasteiger partial charge in [-0.05, 0) is 6.42 Å². The van der Waals surface area contributed by atoms with E-state index in [1.54, 1.807) is 0 Å². The summed E-state index contributed by atoms with van der Waals surface area (Å²) in [5, 5.41) is 18.6. The fourth-order valence-electron chi connectivity index (χ4n) is 2.26. The van der Waals surface area contributed by atoms with Gasteiger partial charge in [0.25, 0.3) is 0 Å². The van der Waals surface area contributed by atoms with Crippen LogP contribution in [0.15, 0.2) is 0 Å². The second-order valence-electron chi connectivity index (χ2n) is 5.52. The Kier molecular flexibility index (Phi) is 6.15. The van der Waals surface area contributed by atoms with Crippen LogP contribution in [0.4, 0.5) is 0 Å². The first-order chi connectivity index (χ1) is 9.70. The van der Waals surface area contributed by atoms with E-state index in [4.69, 9.17) is 5.11 Å². The Morgan fingerprint density at radius 1 is 1.19 bits per heavy atom. The summed E-state index contributed by atoms with van der Waals surface area (Å²) in [6, 6.07) is 0. The number of aliphatic hydroxyl groups is 1. The van der Waals surface area contributed by atoms with Crippen LogP contribution in [-0.4, -0.2) is 65.6 Å². The second-order valence-corrected chi connectivity index (χ2v) is 7.70. The lowest BCUT2D eigenvalue weighted by molar-refractivity contribution is -0.165. The number of likely N-dealkylation sites (tertiary alicyclic amines) is 1. The van der Waals surface area contributed by atoms with Gasteiger partial charge in [0.05, 0.1) is 5.75 Å². The Morgan fingerprint density at radius 3 is 2.24 bits per heavy atom. The summed E-state index contributed by atoms with van der Waals surface area (Å²) in [4.78, 5) is 24.1. The fraction of sp³-hybridized carbons (Fsp3) is 0.846. The van der Waals surface area contributed by atoms with Crippen molar-refractivity contribution in [2.24, 2.45) is 0 Å². The topological polar surface area (TPSA) is 112 Å². The van der Waals surface area contributed by atoms with E-state index in [2.05, 4.69) is 0 Å². The highest BCUT2D eigenvalue weighted by Gasteiger charge is 2.40. The average molecular weight is 321 g/mol. The molecule has 21 heavy (non-hydrogen) atoms. The van der Waals surface area contributed by atoms with E-state index in [9.17, 15) is 23.1 Å². The van der Waals surface area contributed by atoms with Crippen molar-refractivity contribution in [3.8, 4) is 0 Å². The minimum Gasteiger partial charge on any atom is -0.479 e. The molecular formula is C13H23NO6S. The number of amides is 1. The van der Waals surface area contributed by atoms with E-state index in [1.165, 1.54) is 4.90 Å². The Morgan fingerprint density at radius 2 is 1.76 bits per heavy atom. The van der Waals surface area contributed by atoms with Gasteiger partial charge in [-0.15, -0.1) is 0 Å². The van der Waals surface area contributed by atoms with Crippen LogP contribution < -0.4 is 0 Å². The molecule has 0 aliphatic carbocycles. The fourth-order valence-corrected chi connectivity index (χ4v) is 3.61. The Balaban J connectivity index is 2.49. The second kappa shape index (κ2) is 7.22. The number of carbonyl (C=O) groups is 2. The van der Waals surface area contributed by atoms with E-state index in [0.29, 0.717) is 6.42 Å². The van der Waals surface area contributed by atoms with Crippen molar-refractivity contribution >= 4 is 21.7 Å². The molecule has 122 valence electrons. The van der Waals surface area contributed by atoms with Crippen LogP contribution in [0.3, 0.4) is 0 Å². The molecule has 0 saturated carbocycles. The van der Waals surface area contributed by atoms with Gasteiger partial charge in [-0.1, -0.05) is 19.8 Å². The normalized spacial score (nSPS) is 18.5. The molecule has 1 heterocycles. The number of aliphatic carboxylic acids is 1. The molecule has 1 aliphatic heterocycles. The molecule has 0 spiro atoms. The molecular weight excluding hydrogens is 298 g/mol. The van der Waals surface area contributed by atoms with Crippen LogP contribution in [0.5, 0.6) is 0 Å². The first kappa shape index (κ1) is 17.9. The number of carboxylic acid groups (broad SMARTS) is 1. The van der Waals surface area contributed by atoms with Crippen molar-refractivity contribution < 1.29 is 28.2 Å². The van der Waals surface area contributed by atoms with E-state index in [1.807, 2.05) is 6.92 Å². The van der Waals surface area contributed by atoms with E-state index < -0.39 is 33.1 Å². The first-order valence-corrected chi connectivity index (χ1v) is 8.96. The number of nitrogens with zero attached hydrogens (tertiary/aromatic N) is 1. The molecule has 0 aromatic heterocycles. The number of hydrogen-bond acceptors (Lipinski definition) is 5. The molecule has 1 aliphatic rings. The number of hydrogen-bond donors (Lipinski definition) is 2. The Hall–Kier alpha value is -1.15. The molecule has 0 bridgehead atoms. The van der Waals surface area contributed by atoms with Crippen molar-refractivity contribution in [2.75, 3.05) is 24.6 Å². The van der Waals surface area contributed by atoms with Gasteiger partial charge < -0.3 is 15.1 Å². The van der Waals surface area contributed by atoms with E-state index >= 15 is 0 Å². The Labute approximate surface area is 124 Å². The van der Waals surface area contributed by atoms with Crippen molar-refractivity contribution in [1.29, 1.82) is 0 Å². The maximum absolute atomic E-state index is 11.9. The summed E-state index contributed by atoms with van der Waals surface area (Å²) in [6.45, 7) is 2.09. The predicted octanol–water partition coefficient (Wildman–Crippen LogP) is 0.0295. The molecule has 7 nitrogen and oxygen atoms in total. The monoisotopic (exact) mass is 321 g/mol. The van der Waals surface area contributed by atoms with Crippen LogP contribution in [0.25, 0.3) is 0 Å². The molecule has 0 aromatic rings. The van der Waals surface area contributed by atoms with Gasteiger partial charge in [-0.25, -0.2) is 13.2 Å². The maximum Gasteiger partial charge on any atom is 0.335 e.